The smallest absolute Gasteiger partial charge is 0.435 e. The maximum Gasteiger partial charge on any atom is 0.513 e. The van der Waals surface area contributed by atoms with Crippen LogP contribution in [0.1, 0.15) is 33.6 Å². The number of nitrogens with zero attached hydrogens (tertiary/aromatic N) is 1. The Hall–Kier alpha value is -1.10. The molecule has 0 aliphatic carbocycles. The molecule has 0 aromatic rings. The molecular weight excluding hydrogens is 220 g/mol. The van der Waals surface area contributed by atoms with Gasteiger partial charge in [-0.1, -0.05) is 20.8 Å². The molecule has 0 aliphatic rings. The van der Waals surface area contributed by atoms with Gasteiger partial charge in [0.1, 0.15) is 0 Å². The Balaban J connectivity index is 3.95. The van der Waals surface area contributed by atoms with E-state index in [1.165, 1.54) is 0 Å². The van der Waals surface area contributed by atoms with Gasteiger partial charge in [-0.05, 0) is 6.42 Å². The van der Waals surface area contributed by atoms with Gasteiger partial charge in [0.15, 0.2) is 0 Å². The molecule has 5 heteroatoms. The molecule has 100 valence electrons. The molecular formula is C12H25N2O3+. The lowest BCUT2D eigenvalue weighted by atomic mass is 9.89. The van der Waals surface area contributed by atoms with Gasteiger partial charge in [0.25, 0.3) is 0 Å². The van der Waals surface area contributed by atoms with Crippen molar-refractivity contribution in [2.24, 2.45) is 5.41 Å². The highest BCUT2D eigenvalue weighted by molar-refractivity contribution is 5.81. The lowest BCUT2D eigenvalue weighted by molar-refractivity contribution is -0.816. The molecule has 0 heterocycles. The Morgan fingerprint density at radius 2 is 1.82 bits per heavy atom. The largest absolute Gasteiger partial charge is 0.513 e. The predicted octanol–water partition coefficient (Wildman–Crippen LogP) is 1.68. The average molecular weight is 245 g/mol. The maximum absolute atomic E-state index is 11.7. The number of quaternary nitrogens is 1. The van der Waals surface area contributed by atoms with E-state index in [0.717, 1.165) is 6.42 Å². The normalized spacial score (nSPS) is 12.3. The van der Waals surface area contributed by atoms with Crippen molar-refractivity contribution in [1.82, 2.24) is 5.32 Å². The van der Waals surface area contributed by atoms with Crippen LogP contribution in [0.4, 0.5) is 4.79 Å². The molecule has 0 saturated heterocycles. The minimum absolute atomic E-state index is 0.0284. The van der Waals surface area contributed by atoms with Gasteiger partial charge >= 0.3 is 6.09 Å². The zero-order chi connectivity index (χ0) is 13.7. The highest BCUT2D eigenvalue weighted by Crippen LogP contribution is 2.19. The lowest BCUT2D eigenvalue weighted by Crippen LogP contribution is -2.46. The molecule has 0 rings (SSSR count). The summed E-state index contributed by atoms with van der Waals surface area (Å²) in [6.07, 6.45) is 0.589. The highest BCUT2D eigenvalue weighted by atomic mass is 16.4. The van der Waals surface area contributed by atoms with Crippen LogP contribution in [0.5, 0.6) is 0 Å². The molecule has 0 bridgehead atoms. The quantitative estimate of drug-likeness (QED) is 0.552. The van der Waals surface area contributed by atoms with Gasteiger partial charge in [0, 0.05) is 18.4 Å². The van der Waals surface area contributed by atoms with Crippen LogP contribution in [0.2, 0.25) is 0 Å². The molecule has 0 aliphatic heterocycles. The number of carbonyl (C=O) groups is 2. The van der Waals surface area contributed by atoms with Crippen LogP contribution in [0.15, 0.2) is 0 Å². The first-order valence-electron chi connectivity index (χ1n) is 5.98. The van der Waals surface area contributed by atoms with Crippen molar-refractivity contribution in [2.45, 2.75) is 33.6 Å². The van der Waals surface area contributed by atoms with Crippen LogP contribution in [-0.2, 0) is 4.79 Å². The van der Waals surface area contributed by atoms with Gasteiger partial charge in [-0.3, -0.25) is 4.79 Å². The third-order valence-corrected chi connectivity index (χ3v) is 3.20. The standard InChI is InChI=1S/C12H24N2O3/c1-6-12(2,3)10(15)13-8-7-9-14(4,5)11(16)17/h6-9H2,1-5H3,(H-,13,15,16,17)/p+1. The van der Waals surface area contributed by atoms with Crippen LogP contribution < -0.4 is 5.32 Å². The van der Waals surface area contributed by atoms with Crippen LogP contribution in [-0.4, -0.2) is 48.8 Å². The van der Waals surface area contributed by atoms with E-state index in [1.54, 1.807) is 14.1 Å². The summed E-state index contributed by atoms with van der Waals surface area (Å²) in [6, 6.07) is 0. The average Bonchev–Trinajstić information content (AvgIpc) is 2.23. The zero-order valence-electron chi connectivity index (χ0n) is 11.5. The third kappa shape index (κ3) is 5.17. The number of hydrogen-bond acceptors (Lipinski definition) is 2. The van der Waals surface area contributed by atoms with Gasteiger partial charge in [-0.15, -0.1) is 0 Å². The summed E-state index contributed by atoms with van der Waals surface area (Å²) in [7, 11) is 3.28. The second-order valence-electron chi connectivity index (χ2n) is 5.54. The predicted molar refractivity (Wildman–Crippen MR) is 66.7 cm³/mol. The van der Waals surface area contributed by atoms with Crippen molar-refractivity contribution in [1.29, 1.82) is 0 Å². The van der Waals surface area contributed by atoms with Gasteiger partial charge in [0.05, 0.1) is 20.6 Å². The SMILES string of the molecule is CCC(C)(C)C(=O)NCCC[N+](C)(C)C(=O)O. The van der Waals surface area contributed by atoms with Gasteiger partial charge in [0.2, 0.25) is 5.91 Å². The molecule has 2 amide bonds. The number of nitrogens with one attached hydrogen (secondary N) is 1. The molecule has 0 saturated carbocycles. The zero-order valence-corrected chi connectivity index (χ0v) is 11.5. The van der Waals surface area contributed by atoms with Crippen molar-refractivity contribution < 1.29 is 19.2 Å². The molecule has 0 atom stereocenters. The fourth-order valence-corrected chi connectivity index (χ4v) is 1.17. The summed E-state index contributed by atoms with van der Waals surface area (Å²) in [5.74, 6) is 0.0284. The Morgan fingerprint density at radius 3 is 2.24 bits per heavy atom. The molecule has 2 N–H and O–H groups in total. The first kappa shape index (κ1) is 15.9. The summed E-state index contributed by atoms with van der Waals surface area (Å²) in [6.45, 7) is 6.81. The molecule has 0 radical (unpaired) electrons. The van der Waals surface area contributed by atoms with Crippen molar-refractivity contribution in [3.8, 4) is 0 Å². The maximum atomic E-state index is 11.7. The Kier molecular flexibility index (Phi) is 5.61. The number of carboxylic acid groups (broad SMARTS) is 1. The molecule has 5 nitrogen and oxygen atoms in total. The van der Waals surface area contributed by atoms with E-state index >= 15 is 0 Å². The van der Waals surface area contributed by atoms with Gasteiger partial charge in [-0.2, -0.15) is 4.79 Å². The van der Waals surface area contributed by atoms with E-state index in [-0.39, 0.29) is 15.8 Å². The summed E-state index contributed by atoms with van der Waals surface area (Å²) < 4.78 is -0.0763. The molecule has 0 spiro atoms. The Bertz CT molecular complexity index is 285. The second-order valence-corrected chi connectivity index (χ2v) is 5.54. The minimum Gasteiger partial charge on any atom is -0.435 e. The van der Waals surface area contributed by atoms with Crippen molar-refractivity contribution >= 4 is 12.0 Å². The molecule has 17 heavy (non-hydrogen) atoms. The monoisotopic (exact) mass is 245 g/mol. The summed E-state index contributed by atoms with van der Waals surface area (Å²) in [5.41, 5.74) is -0.350. The Morgan fingerprint density at radius 1 is 1.29 bits per heavy atom. The Labute approximate surface area is 103 Å². The summed E-state index contributed by atoms with van der Waals surface area (Å²) in [5, 5.41) is 11.7. The lowest BCUT2D eigenvalue weighted by Gasteiger charge is -2.24. The van der Waals surface area contributed by atoms with Crippen molar-refractivity contribution in [3.63, 3.8) is 0 Å². The minimum atomic E-state index is -0.856. The first-order valence-corrected chi connectivity index (χ1v) is 5.98. The second kappa shape index (κ2) is 6.00. The molecule has 0 unspecified atom stereocenters. The van der Waals surface area contributed by atoms with Crippen LogP contribution in [0.3, 0.4) is 0 Å². The summed E-state index contributed by atoms with van der Waals surface area (Å²) >= 11 is 0. The highest BCUT2D eigenvalue weighted by Gasteiger charge is 2.26. The van der Waals surface area contributed by atoms with Crippen LogP contribution >= 0.6 is 0 Å². The van der Waals surface area contributed by atoms with Crippen molar-refractivity contribution in [3.05, 3.63) is 0 Å². The first-order chi connectivity index (χ1) is 7.63. The summed E-state index contributed by atoms with van der Waals surface area (Å²) in [4.78, 5) is 22.6. The van der Waals surface area contributed by atoms with Crippen LogP contribution in [0, 0.1) is 5.41 Å². The van der Waals surface area contributed by atoms with E-state index < -0.39 is 6.09 Å². The third-order valence-electron chi connectivity index (χ3n) is 3.20. The van der Waals surface area contributed by atoms with E-state index in [0.29, 0.717) is 19.5 Å². The van der Waals surface area contributed by atoms with Crippen molar-refractivity contribution in [2.75, 3.05) is 27.2 Å². The topological polar surface area (TPSA) is 66.4 Å². The number of hydrogen-bond donors (Lipinski definition) is 2. The van der Waals surface area contributed by atoms with E-state index in [4.69, 9.17) is 5.11 Å². The number of rotatable bonds is 6. The number of amides is 2. The van der Waals surface area contributed by atoms with E-state index in [9.17, 15) is 9.59 Å². The molecule has 0 aromatic heterocycles. The fraction of sp³-hybridized carbons (Fsp3) is 0.833. The molecule has 0 aromatic carbocycles. The van der Waals surface area contributed by atoms with Gasteiger partial charge < -0.3 is 10.4 Å². The van der Waals surface area contributed by atoms with E-state index in [1.807, 2.05) is 20.8 Å². The fourth-order valence-electron chi connectivity index (χ4n) is 1.17. The van der Waals surface area contributed by atoms with Crippen LogP contribution in [0.25, 0.3) is 0 Å². The van der Waals surface area contributed by atoms with E-state index in [2.05, 4.69) is 5.32 Å². The number of carbonyl (C=O) groups excluding carboxylic acids is 1. The van der Waals surface area contributed by atoms with Gasteiger partial charge in [-0.25, -0.2) is 4.48 Å². The molecule has 0 fully saturated rings.